The van der Waals surface area contributed by atoms with Crippen LogP contribution in [0.5, 0.6) is 11.5 Å². The van der Waals surface area contributed by atoms with Crippen LogP contribution in [0.25, 0.3) is 11.3 Å². The van der Waals surface area contributed by atoms with Crippen LogP contribution in [0.3, 0.4) is 0 Å². The van der Waals surface area contributed by atoms with Crippen molar-refractivity contribution >= 4 is 34.6 Å². The first-order valence-corrected chi connectivity index (χ1v) is 11.8. The third kappa shape index (κ3) is 5.34. The normalized spacial score (nSPS) is 12.9. The van der Waals surface area contributed by atoms with Crippen LogP contribution in [0.2, 0.25) is 5.02 Å². The quantitative estimate of drug-likeness (QED) is 0.299. The fourth-order valence-electron chi connectivity index (χ4n) is 3.91. The Hall–Kier alpha value is -4.29. The molecule has 180 valence electrons. The van der Waals surface area contributed by atoms with E-state index in [0.717, 1.165) is 28.0 Å². The number of nitrogens with one attached hydrogen (secondary N) is 2. The largest absolute Gasteiger partial charge is 0.457 e. The number of aryl methyl sites for hydroxylation is 1. The van der Waals surface area contributed by atoms with Crippen molar-refractivity contribution in [3.8, 4) is 11.5 Å². The van der Waals surface area contributed by atoms with Crippen molar-refractivity contribution in [2.75, 3.05) is 11.9 Å². The lowest BCUT2D eigenvalue weighted by molar-refractivity contribution is 0.210. The van der Waals surface area contributed by atoms with Gasteiger partial charge < -0.3 is 10.1 Å². The van der Waals surface area contributed by atoms with Gasteiger partial charge in [0.25, 0.3) is 0 Å². The van der Waals surface area contributed by atoms with Gasteiger partial charge in [0.2, 0.25) is 0 Å². The lowest BCUT2D eigenvalue weighted by Crippen LogP contribution is -2.40. The fourth-order valence-corrected chi connectivity index (χ4v) is 4.03. The number of carbonyl (C=O) groups is 1. The highest BCUT2D eigenvalue weighted by Gasteiger charge is 2.27. The molecule has 0 fully saturated rings. The first-order valence-electron chi connectivity index (χ1n) is 11.4. The van der Waals surface area contributed by atoms with Crippen LogP contribution in [0.15, 0.2) is 97.1 Å². The second kappa shape index (κ2) is 10.1. The molecule has 0 aromatic heterocycles. The summed E-state index contributed by atoms with van der Waals surface area (Å²) < 4.78 is 19.8. The molecule has 1 aliphatic rings. The smallest absolute Gasteiger partial charge is 0.340 e. The predicted molar refractivity (Wildman–Crippen MR) is 141 cm³/mol. The van der Waals surface area contributed by atoms with Crippen molar-refractivity contribution in [3.05, 3.63) is 125 Å². The number of benzene rings is 4. The van der Waals surface area contributed by atoms with Gasteiger partial charge in [-0.2, -0.15) is 0 Å². The zero-order chi connectivity index (χ0) is 25.1. The summed E-state index contributed by atoms with van der Waals surface area (Å²) in [6.45, 7) is 2.29. The van der Waals surface area contributed by atoms with Gasteiger partial charge in [-0.05, 0) is 78.7 Å². The third-order valence-corrected chi connectivity index (χ3v) is 6.03. The minimum absolute atomic E-state index is 0.274. The summed E-state index contributed by atoms with van der Waals surface area (Å²) in [5.74, 6) is 0.968. The molecule has 0 unspecified atom stereocenters. The highest BCUT2D eigenvalue weighted by molar-refractivity contribution is 6.30. The molecule has 0 radical (unpaired) electrons. The average Bonchev–Trinajstić information content (AvgIpc) is 3.33. The molecule has 0 saturated carbocycles. The van der Waals surface area contributed by atoms with Crippen molar-refractivity contribution in [1.82, 2.24) is 10.4 Å². The molecule has 2 amide bonds. The Bertz CT molecular complexity index is 1420. The zero-order valence-corrected chi connectivity index (χ0v) is 20.2. The fraction of sp³-hybridized carbons (Fsp3) is 0.0690. The molecule has 4 aromatic carbocycles. The van der Waals surface area contributed by atoms with E-state index in [1.807, 2.05) is 37.3 Å². The van der Waals surface area contributed by atoms with Crippen LogP contribution >= 0.6 is 11.6 Å². The SMILES string of the molecule is Cc1ccc(C2=C(c3cccc(F)c3)CN(C(=O)Nc3ccc(Oc4ccc(Cl)cc4)cc3)N2)cc1. The van der Waals surface area contributed by atoms with E-state index in [1.165, 1.54) is 17.1 Å². The van der Waals surface area contributed by atoms with Crippen LogP contribution < -0.4 is 15.5 Å². The number of urea groups is 1. The van der Waals surface area contributed by atoms with E-state index in [4.69, 9.17) is 16.3 Å². The number of ether oxygens (including phenoxy) is 1. The number of hydrazine groups is 1. The van der Waals surface area contributed by atoms with Crippen LogP contribution in [0.1, 0.15) is 16.7 Å². The Balaban J connectivity index is 1.31. The summed E-state index contributed by atoms with van der Waals surface area (Å²) in [5, 5.41) is 5.01. The predicted octanol–water partition coefficient (Wildman–Crippen LogP) is 7.50. The van der Waals surface area contributed by atoms with Crippen LogP contribution in [0.4, 0.5) is 14.9 Å². The number of rotatable bonds is 5. The summed E-state index contributed by atoms with van der Waals surface area (Å²) in [4.78, 5) is 13.1. The van der Waals surface area contributed by atoms with Crippen molar-refractivity contribution in [3.63, 3.8) is 0 Å². The molecule has 36 heavy (non-hydrogen) atoms. The standard InChI is InChI=1S/C29H23ClFN3O2/c1-19-5-7-20(8-6-19)28-27(21-3-2-4-23(31)17-21)18-34(33-28)29(35)32-24-11-15-26(16-12-24)36-25-13-9-22(30)10-14-25/h2-17,33H,18H2,1H3,(H,32,35). The lowest BCUT2D eigenvalue weighted by atomic mass is 10.00. The summed E-state index contributed by atoms with van der Waals surface area (Å²) in [5.41, 5.74) is 8.18. The van der Waals surface area contributed by atoms with E-state index >= 15 is 0 Å². The van der Waals surface area contributed by atoms with Gasteiger partial charge in [0, 0.05) is 16.3 Å². The molecule has 1 aliphatic heterocycles. The molecule has 0 bridgehead atoms. The number of halogens is 2. The van der Waals surface area contributed by atoms with Gasteiger partial charge in [0.05, 0.1) is 12.2 Å². The van der Waals surface area contributed by atoms with E-state index in [2.05, 4.69) is 10.7 Å². The molecule has 0 atom stereocenters. The molecule has 5 rings (SSSR count). The molecule has 5 nitrogen and oxygen atoms in total. The van der Waals surface area contributed by atoms with Gasteiger partial charge >= 0.3 is 6.03 Å². The van der Waals surface area contributed by atoms with Gasteiger partial charge in [-0.3, -0.25) is 5.43 Å². The summed E-state index contributed by atoms with van der Waals surface area (Å²) in [6, 6.07) is 28.2. The van der Waals surface area contributed by atoms with Gasteiger partial charge in [-0.25, -0.2) is 14.2 Å². The molecule has 0 aliphatic carbocycles. The van der Waals surface area contributed by atoms with E-state index < -0.39 is 0 Å². The molecule has 0 saturated heterocycles. The van der Waals surface area contributed by atoms with Gasteiger partial charge in [-0.1, -0.05) is 53.6 Å². The Morgan fingerprint density at radius 1 is 0.917 bits per heavy atom. The Labute approximate surface area is 213 Å². The number of carbonyl (C=O) groups excluding carboxylic acids is 1. The number of hydrogen-bond acceptors (Lipinski definition) is 3. The van der Waals surface area contributed by atoms with E-state index in [9.17, 15) is 9.18 Å². The Kier molecular flexibility index (Phi) is 6.60. The molecule has 4 aromatic rings. The first-order chi connectivity index (χ1) is 17.4. The van der Waals surface area contributed by atoms with Gasteiger partial charge in [0.15, 0.2) is 0 Å². The van der Waals surface area contributed by atoms with E-state index in [-0.39, 0.29) is 18.4 Å². The molecule has 0 spiro atoms. The summed E-state index contributed by atoms with van der Waals surface area (Å²) in [6.07, 6.45) is 0. The molecular formula is C29H23ClFN3O2. The second-order valence-electron chi connectivity index (χ2n) is 8.44. The highest BCUT2D eigenvalue weighted by atomic mass is 35.5. The van der Waals surface area contributed by atoms with Crippen LogP contribution in [0, 0.1) is 12.7 Å². The Morgan fingerprint density at radius 2 is 1.58 bits per heavy atom. The number of nitrogens with zero attached hydrogens (tertiary/aromatic N) is 1. The minimum atomic E-state index is -0.336. The average molecular weight is 500 g/mol. The maximum Gasteiger partial charge on any atom is 0.340 e. The topological polar surface area (TPSA) is 53.6 Å². The zero-order valence-electron chi connectivity index (χ0n) is 19.5. The second-order valence-corrected chi connectivity index (χ2v) is 8.87. The van der Waals surface area contributed by atoms with Crippen molar-refractivity contribution in [2.45, 2.75) is 6.92 Å². The molecule has 1 heterocycles. The maximum atomic E-state index is 14.0. The van der Waals surface area contributed by atoms with Crippen LogP contribution in [-0.2, 0) is 0 Å². The third-order valence-electron chi connectivity index (χ3n) is 5.78. The molecular weight excluding hydrogens is 477 g/mol. The minimum Gasteiger partial charge on any atom is -0.457 e. The Morgan fingerprint density at radius 3 is 2.25 bits per heavy atom. The highest BCUT2D eigenvalue weighted by Crippen LogP contribution is 2.31. The van der Waals surface area contributed by atoms with Gasteiger partial charge in [0.1, 0.15) is 17.3 Å². The maximum absolute atomic E-state index is 14.0. The summed E-state index contributed by atoms with van der Waals surface area (Å²) >= 11 is 5.91. The first kappa shape index (κ1) is 23.5. The number of hydrogen-bond donors (Lipinski definition) is 2. The van der Waals surface area contributed by atoms with Gasteiger partial charge in [-0.15, -0.1) is 0 Å². The van der Waals surface area contributed by atoms with E-state index in [0.29, 0.717) is 22.2 Å². The summed E-state index contributed by atoms with van der Waals surface area (Å²) in [7, 11) is 0. The lowest BCUT2D eigenvalue weighted by Gasteiger charge is -2.19. The molecule has 2 N–H and O–H groups in total. The number of anilines is 1. The number of amides is 2. The van der Waals surface area contributed by atoms with E-state index in [1.54, 1.807) is 54.6 Å². The van der Waals surface area contributed by atoms with Crippen molar-refractivity contribution < 1.29 is 13.9 Å². The molecule has 7 heteroatoms. The van der Waals surface area contributed by atoms with Crippen LogP contribution in [-0.4, -0.2) is 17.6 Å². The van der Waals surface area contributed by atoms with Crippen molar-refractivity contribution in [2.24, 2.45) is 0 Å². The monoisotopic (exact) mass is 499 g/mol. The van der Waals surface area contributed by atoms with Crippen molar-refractivity contribution in [1.29, 1.82) is 0 Å².